The lowest BCUT2D eigenvalue weighted by molar-refractivity contribution is -0.167. The molecule has 0 aromatic rings. The van der Waals surface area contributed by atoms with Gasteiger partial charge in [-0.05, 0) is 103 Å². The lowest BCUT2D eigenvalue weighted by Crippen LogP contribution is -2.30. The summed E-state index contributed by atoms with van der Waals surface area (Å²) in [7, 11) is 0. The molecule has 0 rings (SSSR count). The molecular weight excluding hydrogens is 997 g/mol. The van der Waals surface area contributed by atoms with Gasteiger partial charge in [0.05, 0.1) is 0 Å². The molecule has 0 radical (unpaired) electrons. The molecule has 0 spiro atoms. The number of allylic oxidation sites excluding steroid dienone is 12. The first-order chi connectivity index (χ1) is 40.0. The summed E-state index contributed by atoms with van der Waals surface area (Å²) in [4.78, 5) is 38.3. The van der Waals surface area contributed by atoms with Crippen molar-refractivity contribution in [2.45, 2.75) is 374 Å². The fraction of sp³-hybridized carbons (Fsp3) is 0.800. The van der Waals surface area contributed by atoms with Crippen LogP contribution in [0.5, 0.6) is 0 Å². The maximum atomic E-state index is 12.9. The Bertz CT molecular complexity index is 1490. The highest BCUT2D eigenvalue weighted by Gasteiger charge is 2.19. The smallest absolute Gasteiger partial charge is 0.306 e. The molecule has 0 aliphatic carbocycles. The summed E-state index contributed by atoms with van der Waals surface area (Å²) in [5.74, 6) is -0.879. The Morgan fingerprint density at radius 3 is 0.802 bits per heavy atom. The van der Waals surface area contributed by atoms with Crippen LogP contribution in [0.4, 0.5) is 0 Å². The second-order valence-corrected chi connectivity index (χ2v) is 23.8. The van der Waals surface area contributed by atoms with Crippen LogP contribution in [-0.2, 0) is 28.6 Å². The molecule has 0 aliphatic heterocycles. The topological polar surface area (TPSA) is 78.9 Å². The molecule has 1 atom stereocenters. The van der Waals surface area contributed by atoms with Crippen molar-refractivity contribution in [3.63, 3.8) is 0 Å². The van der Waals surface area contributed by atoms with Crippen molar-refractivity contribution in [3.8, 4) is 0 Å². The molecule has 0 fully saturated rings. The van der Waals surface area contributed by atoms with E-state index >= 15 is 0 Å². The molecular formula is C75H134O6. The molecule has 0 N–H and O–H groups in total. The summed E-state index contributed by atoms with van der Waals surface area (Å²) in [6.07, 6.45) is 90.9. The summed E-state index contributed by atoms with van der Waals surface area (Å²) in [5, 5.41) is 0. The molecule has 0 saturated carbocycles. The molecule has 6 nitrogen and oxygen atoms in total. The number of hydrogen-bond donors (Lipinski definition) is 0. The monoisotopic (exact) mass is 1130 g/mol. The first-order valence-electron chi connectivity index (χ1n) is 35.4. The number of carbonyl (C=O) groups excluding carboxylic acids is 3. The fourth-order valence-electron chi connectivity index (χ4n) is 10.4. The molecule has 0 aliphatic rings. The van der Waals surface area contributed by atoms with Crippen molar-refractivity contribution >= 4 is 17.9 Å². The molecule has 1 unspecified atom stereocenters. The normalized spacial score (nSPS) is 12.5. The summed E-state index contributed by atoms with van der Waals surface area (Å²) in [5.41, 5.74) is 0. The predicted molar refractivity (Wildman–Crippen MR) is 353 cm³/mol. The lowest BCUT2D eigenvalue weighted by Gasteiger charge is -2.18. The molecule has 0 aromatic heterocycles. The fourth-order valence-corrected chi connectivity index (χ4v) is 10.4. The lowest BCUT2D eigenvalue weighted by atomic mass is 10.0. The van der Waals surface area contributed by atoms with Crippen LogP contribution in [0.15, 0.2) is 72.9 Å². The summed E-state index contributed by atoms with van der Waals surface area (Å²) < 4.78 is 16.9. The van der Waals surface area contributed by atoms with E-state index < -0.39 is 6.10 Å². The van der Waals surface area contributed by atoms with Crippen molar-refractivity contribution in [1.29, 1.82) is 0 Å². The number of hydrogen-bond acceptors (Lipinski definition) is 6. The van der Waals surface area contributed by atoms with E-state index in [1.54, 1.807) is 0 Å². The Kier molecular flexibility index (Phi) is 66.6. The first-order valence-corrected chi connectivity index (χ1v) is 35.4. The Morgan fingerprint density at radius 2 is 0.494 bits per heavy atom. The Balaban J connectivity index is 4.15. The van der Waals surface area contributed by atoms with Gasteiger partial charge in [-0.25, -0.2) is 0 Å². The van der Waals surface area contributed by atoms with Gasteiger partial charge in [-0.1, -0.05) is 318 Å². The van der Waals surface area contributed by atoms with Gasteiger partial charge in [-0.2, -0.15) is 0 Å². The number of carbonyl (C=O) groups is 3. The zero-order valence-electron chi connectivity index (χ0n) is 54.1. The number of ether oxygens (including phenoxy) is 3. The Hall–Kier alpha value is -3.15. The molecule has 81 heavy (non-hydrogen) atoms. The average Bonchev–Trinajstić information content (AvgIpc) is 3.47. The molecule has 0 amide bonds. The minimum absolute atomic E-state index is 0.0783. The van der Waals surface area contributed by atoms with E-state index in [4.69, 9.17) is 14.2 Å². The Morgan fingerprint density at radius 1 is 0.259 bits per heavy atom. The van der Waals surface area contributed by atoms with E-state index in [0.717, 1.165) is 96.3 Å². The summed E-state index contributed by atoms with van der Waals surface area (Å²) in [6, 6.07) is 0. The van der Waals surface area contributed by atoms with Gasteiger partial charge in [0.2, 0.25) is 0 Å². The molecule has 0 saturated heterocycles. The molecule has 6 heteroatoms. The third kappa shape index (κ3) is 67.5. The van der Waals surface area contributed by atoms with E-state index in [1.807, 2.05) is 0 Å². The number of unbranched alkanes of at least 4 members (excludes halogenated alkanes) is 42. The predicted octanol–water partition coefficient (Wildman–Crippen LogP) is 24.4. The average molecular weight is 1130 g/mol. The van der Waals surface area contributed by atoms with Crippen LogP contribution < -0.4 is 0 Å². The second kappa shape index (κ2) is 69.3. The van der Waals surface area contributed by atoms with Gasteiger partial charge in [0.25, 0.3) is 0 Å². The van der Waals surface area contributed by atoms with Crippen molar-refractivity contribution < 1.29 is 28.6 Å². The van der Waals surface area contributed by atoms with Crippen LogP contribution in [0.1, 0.15) is 367 Å². The molecule has 0 heterocycles. The van der Waals surface area contributed by atoms with Gasteiger partial charge < -0.3 is 14.2 Å². The van der Waals surface area contributed by atoms with E-state index in [1.165, 1.54) is 231 Å². The Labute approximate surface area is 503 Å². The van der Waals surface area contributed by atoms with Gasteiger partial charge in [-0.15, -0.1) is 0 Å². The zero-order valence-corrected chi connectivity index (χ0v) is 54.1. The maximum absolute atomic E-state index is 12.9. The van der Waals surface area contributed by atoms with Gasteiger partial charge in [0.15, 0.2) is 6.10 Å². The number of rotatable bonds is 65. The highest BCUT2D eigenvalue weighted by atomic mass is 16.6. The first kappa shape index (κ1) is 77.9. The van der Waals surface area contributed by atoms with E-state index in [-0.39, 0.29) is 31.1 Å². The third-order valence-corrected chi connectivity index (χ3v) is 15.7. The third-order valence-electron chi connectivity index (χ3n) is 15.7. The minimum atomic E-state index is -0.783. The van der Waals surface area contributed by atoms with Gasteiger partial charge in [0, 0.05) is 19.3 Å². The molecule has 0 bridgehead atoms. The van der Waals surface area contributed by atoms with Crippen molar-refractivity contribution in [3.05, 3.63) is 72.9 Å². The van der Waals surface area contributed by atoms with Crippen LogP contribution in [0.25, 0.3) is 0 Å². The van der Waals surface area contributed by atoms with Crippen LogP contribution >= 0.6 is 0 Å². The standard InChI is InChI=1S/C75H134O6/c1-4-7-10-13-16-19-22-24-26-28-30-32-33-34-35-36-37-38-39-40-41-43-44-46-48-50-53-56-59-62-65-68-74(77)80-71-72(70-79-73(76)67-64-61-58-55-52-21-18-15-12-9-6-3)81-75(78)69-66-63-60-57-54-51-49-47-45-42-31-29-27-25-23-20-17-14-11-8-5-2/h8,11,15,17-18,20,25,27-28,30-31,42,72H,4-7,9-10,12-14,16,19,21-24,26,29,32-41,43-71H2,1-3H3/b11-8-,18-15-,20-17-,27-25-,30-28-,42-31-. The van der Waals surface area contributed by atoms with Crippen molar-refractivity contribution in [1.82, 2.24) is 0 Å². The van der Waals surface area contributed by atoms with Crippen molar-refractivity contribution in [2.75, 3.05) is 13.2 Å². The van der Waals surface area contributed by atoms with Gasteiger partial charge in [-0.3, -0.25) is 14.4 Å². The molecule has 470 valence electrons. The molecule has 0 aromatic carbocycles. The second-order valence-electron chi connectivity index (χ2n) is 23.8. The largest absolute Gasteiger partial charge is 0.462 e. The zero-order chi connectivity index (χ0) is 58.5. The van der Waals surface area contributed by atoms with Crippen LogP contribution in [-0.4, -0.2) is 37.2 Å². The van der Waals surface area contributed by atoms with Crippen LogP contribution in [0, 0.1) is 0 Å². The summed E-state index contributed by atoms with van der Waals surface area (Å²) in [6.45, 7) is 6.52. The maximum Gasteiger partial charge on any atom is 0.306 e. The number of esters is 3. The van der Waals surface area contributed by atoms with E-state index in [0.29, 0.717) is 19.3 Å². The highest BCUT2D eigenvalue weighted by Crippen LogP contribution is 2.18. The van der Waals surface area contributed by atoms with Crippen LogP contribution in [0.3, 0.4) is 0 Å². The summed E-state index contributed by atoms with van der Waals surface area (Å²) >= 11 is 0. The van der Waals surface area contributed by atoms with Gasteiger partial charge in [0.1, 0.15) is 13.2 Å². The SMILES string of the molecule is CC/C=C\C/C=C\C/C=C\C/C=C\CCCCCCCCCCC(=O)OC(COC(=O)CCCCCCC/C=C\CCCC)COC(=O)CCCCCCCCCCCCCCCCCCCCC/C=C\CCCCCCCCCC. The van der Waals surface area contributed by atoms with E-state index in [9.17, 15) is 14.4 Å². The quantitative estimate of drug-likeness (QED) is 0.0261. The van der Waals surface area contributed by atoms with Crippen LogP contribution in [0.2, 0.25) is 0 Å². The minimum Gasteiger partial charge on any atom is -0.462 e. The van der Waals surface area contributed by atoms with Gasteiger partial charge >= 0.3 is 17.9 Å². The highest BCUT2D eigenvalue weighted by molar-refractivity contribution is 5.71. The van der Waals surface area contributed by atoms with Crippen molar-refractivity contribution in [2.24, 2.45) is 0 Å². The van der Waals surface area contributed by atoms with E-state index in [2.05, 4.69) is 93.7 Å².